The van der Waals surface area contributed by atoms with Crippen molar-refractivity contribution in [1.82, 2.24) is 15.5 Å². The van der Waals surface area contributed by atoms with Crippen LogP contribution in [0.1, 0.15) is 31.4 Å². The first-order valence-corrected chi connectivity index (χ1v) is 8.60. The van der Waals surface area contributed by atoms with Gasteiger partial charge < -0.3 is 20.6 Å². The fraction of sp³-hybridized carbons (Fsp3) is 0.588. The van der Waals surface area contributed by atoms with Gasteiger partial charge in [-0.1, -0.05) is 36.7 Å². The first-order chi connectivity index (χ1) is 11.1. The van der Waals surface area contributed by atoms with Crippen LogP contribution in [0.25, 0.3) is 0 Å². The van der Waals surface area contributed by atoms with Crippen LogP contribution in [-0.2, 0) is 0 Å². The summed E-state index contributed by atoms with van der Waals surface area (Å²) in [6.45, 7) is 6.09. The molecule has 3 N–H and O–H groups in total. The van der Waals surface area contributed by atoms with Crippen molar-refractivity contribution in [2.45, 2.75) is 25.9 Å². The van der Waals surface area contributed by atoms with Crippen LogP contribution in [0.15, 0.2) is 24.3 Å². The van der Waals surface area contributed by atoms with E-state index < -0.39 is 6.10 Å². The molecule has 0 aromatic heterocycles. The molecule has 1 aromatic rings. The van der Waals surface area contributed by atoms with Crippen molar-refractivity contribution in [2.24, 2.45) is 5.92 Å². The van der Waals surface area contributed by atoms with E-state index in [1.165, 1.54) is 12.8 Å². The van der Waals surface area contributed by atoms with Crippen LogP contribution in [0.4, 0.5) is 4.79 Å². The molecule has 1 saturated heterocycles. The summed E-state index contributed by atoms with van der Waals surface area (Å²) in [4.78, 5) is 14.2. The van der Waals surface area contributed by atoms with E-state index in [9.17, 15) is 9.90 Å². The maximum absolute atomic E-state index is 11.8. The van der Waals surface area contributed by atoms with Gasteiger partial charge >= 0.3 is 6.03 Å². The summed E-state index contributed by atoms with van der Waals surface area (Å²) < 4.78 is 0. The fourth-order valence-electron chi connectivity index (χ4n) is 2.92. The normalized spacial score (nSPS) is 20.0. The minimum absolute atomic E-state index is 0.135. The first-order valence-electron chi connectivity index (χ1n) is 8.23. The van der Waals surface area contributed by atoms with Gasteiger partial charge in [-0.2, -0.15) is 0 Å². The van der Waals surface area contributed by atoms with Gasteiger partial charge in [0.15, 0.2) is 0 Å². The lowest BCUT2D eigenvalue weighted by Crippen LogP contribution is -2.43. The molecular formula is C17H26ClN3O2. The molecule has 0 spiro atoms. The Morgan fingerprint density at radius 2 is 2.22 bits per heavy atom. The molecule has 23 heavy (non-hydrogen) atoms. The van der Waals surface area contributed by atoms with E-state index in [-0.39, 0.29) is 12.6 Å². The lowest BCUT2D eigenvalue weighted by Gasteiger charge is -2.30. The summed E-state index contributed by atoms with van der Waals surface area (Å²) in [5.41, 5.74) is 0.622. The Bertz CT molecular complexity index is 512. The number of aliphatic hydroxyl groups is 1. The number of nitrogens with zero attached hydrogens (tertiary/aromatic N) is 1. The lowest BCUT2D eigenvalue weighted by atomic mass is 10.0. The molecule has 1 heterocycles. The summed E-state index contributed by atoms with van der Waals surface area (Å²) in [7, 11) is 0. The molecule has 0 bridgehead atoms. The molecule has 128 valence electrons. The van der Waals surface area contributed by atoms with Crippen molar-refractivity contribution in [1.29, 1.82) is 0 Å². The third-order valence-corrected chi connectivity index (χ3v) is 4.52. The lowest BCUT2D eigenvalue weighted by molar-refractivity contribution is 0.170. The highest BCUT2D eigenvalue weighted by atomic mass is 35.5. The second-order valence-corrected chi connectivity index (χ2v) is 6.63. The van der Waals surface area contributed by atoms with E-state index in [4.69, 9.17) is 11.6 Å². The average molecular weight is 340 g/mol. The summed E-state index contributed by atoms with van der Waals surface area (Å²) >= 11 is 6.02. The minimum atomic E-state index is -0.808. The molecule has 0 radical (unpaired) electrons. The number of benzene rings is 1. The third kappa shape index (κ3) is 6.01. The van der Waals surface area contributed by atoms with Crippen molar-refractivity contribution in [3.8, 4) is 0 Å². The molecular weight excluding hydrogens is 314 g/mol. The predicted octanol–water partition coefficient (Wildman–Crippen LogP) is 2.40. The number of carbonyl (C=O) groups excluding carboxylic acids is 1. The Morgan fingerprint density at radius 1 is 1.43 bits per heavy atom. The monoisotopic (exact) mass is 339 g/mol. The number of nitrogens with one attached hydrogen (secondary N) is 2. The van der Waals surface area contributed by atoms with Crippen LogP contribution < -0.4 is 10.6 Å². The number of piperidine rings is 1. The van der Waals surface area contributed by atoms with E-state index in [0.717, 1.165) is 25.6 Å². The van der Waals surface area contributed by atoms with Crippen LogP contribution in [0.5, 0.6) is 0 Å². The molecule has 1 aromatic carbocycles. The number of hydrogen-bond acceptors (Lipinski definition) is 3. The summed E-state index contributed by atoms with van der Waals surface area (Å²) in [5, 5.41) is 16.1. The average Bonchev–Trinajstić information content (AvgIpc) is 2.53. The standard InChI is InChI=1S/C17H26ClN3O2/c1-13-5-4-9-21(12-13)10-8-19-17(23)20-11-16(22)14-6-2-3-7-15(14)18/h2-3,6-7,13,16,22H,4-5,8-12H2,1H3,(H2,19,20,23). The van der Waals surface area contributed by atoms with Crippen molar-refractivity contribution in [3.05, 3.63) is 34.9 Å². The molecule has 1 aliphatic rings. The highest BCUT2D eigenvalue weighted by Gasteiger charge is 2.16. The van der Waals surface area contributed by atoms with E-state index in [1.807, 2.05) is 6.07 Å². The zero-order valence-electron chi connectivity index (χ0n) is 13.6. The van der Waals surface area contributed by atoms with Gasteiger partial charge in [-0.25, -0.2) is 4.79 Å². The van der Waals surface area contributed by atoms with Crippen LogP contribution in [0.3, 0.4) is 0 Å². The van der Waals surface area contributed by atoms with Crippen molar-refractivity contribution in [3.63, 3.8) is 0 Å². The summed E-state index contributed by atoms with van der Waals surface area (Å²) in [5.74, 6) is 0.739. The topological polar surface area (TPSA) is 64.6 Å². The Hall–Kier alpha value is -1.30. The van der Waals surface area contributed by atoms with Crippen LogP contribution >= 0.6 is 11.6 Å². The quantitative estimate of drug-likeness (QED) is 0.745. The second-order valence-electron chi connectivity index (χ2n) is 6.22. The number of likely N-dealkylation sites (tertiary alicyclic amines) is 1. The van der Waals surface area contributed by atoms with Crippen molar-refractivity contribution >= 4 is 17.6 Å². The molecule has 0 saturated carbocycles. The number of aliphatic hydroxyl groups excluding tert-OH is 1. The minimum Gasteiger partial charge on any atom is -0.387 e. The van der Waals surface area contributed by atoms with Gasteiger partial charge in [0.1, 0.15) is 0 Å². The molecule has 1 fully saturated rings. The number of amides is 2. The Balaban J connectivity index is 1.64. The Morgan fingerprint density at radius 3 is 2.96 bits per heavy atom. The van der Waals surface area contributed by atoms with Gasteiger partial charge in [0.25, 0.3) is 0 Å². The molecule has 2 rings (SSSR count). The fourth-order valence-corrected chi connectivity index (χ4v) is 3.19. The maximum Gasteiger partial charge on any atom is 0.314 e. The van der Waals surface area contributed by atoms with Crippen LogP contribution in [-0.4, -0.2) is 48.8 Å². The Kier molecular flexibility index (Phi) is 7.15. The third-order valence-electron chi connectivity index (χ3n) is 4.17. The molecule has 5 nitrogen and oxygen atoms in total. The molecule has 0 aliphatic carbocycles. The zero-order chi connectivity index (χ0) is 16.7. The van der Waals surface area contributed by atoms with E-state index >= 15 is 0 Å². The van der Waals surface area contributed by atoms with Gasteiger partial charge in [-0.15, -0.1) is 0 Å². The summed E-state index contributed by atoms with van der Waals surface area (Å²) in [6.07, 6.45) is 1.72. The molecule has 1 aliphatic heterocycles. The van der Waals surface area contributed by atoms with Gasteiger partial charge in [-0.3, -0.25) is 0 Å². The Labute approximate surface area is 143 Å². The zero-order valence-corrected chi connectivity index (χ0v) is 14.4. The largest absolute Gasteiger partial charge is 0.387 e. The number of urea groups is 1. The number of carbonyl (C=O) groups is 1. The summed E-state index contributed by atoms with van der Waals surface area (Å²) in [6, 6.07) is 6.83. The number of hydrogen-bond donors (Lipinski definition) is 3. The molecule has 2 atom stereocenters. The SMILES string of the molecule is CC1CCCN(CCNC(=O)NCC(O)c2ccccc2Cl)C1. The maximum atomic E-state index is 11.8. The van der Waals surface area contributed by atoms with Gasteiger partial charge in [0.05, 0.1) is 6.10 Å². The van der Waals surface area contributed by atoms with Crippen LogP contribution in [0, 0.1) is 5.92 Å². The van der Waals surface area contributed by atoms with Crippen molar-refractivity contribution in [2.75, 3.05) is 32.7 Å². The highest BCUT2D eigenvalue weighted by Crippen LogP contribution is 2.21. The van der Waals surface area contributed by atoms with E-state index in [2.05, 4.69) is 22.5 Å². The molecule has 2 unspecified atom stereocenters. The predicted molar refractivity (Wildman–Crippen MR) is 92.7 cm³/mol. The number of rotatable bonds is 6. The highest BCUT2D eigenvalue weighted by molar-refractivity contribution is 6.31. The van der Waals surface area contributed by atoms with Gasteiger partial charge in [0.2, 0.25) is 0 Å². The van der Waals surface area contributed by atoms with Gasteiger partial charge in [0, 0.05) is 36.8 Å². The smallest absolute Gasteiger partial charge is 0.314 e. The van der Waals surface area contributed by atoms with Crippen LogP contribution in [0.2, 0.25) is 5.02 Å². The first kappa shape index (κ1) is 18.0. The van der Waals surface area contributed by atoms with Gasteiger partial charge in [-0.05, 0) is 31.4 Å². The van der Waals surface area contributed by atoms with E-state index in [0.29, 0.717) is 17.1 Å². The number of halogens is 1. The molecule has 6 heteroatoms. The van der Waals surface area contributed by atoms with Crippen molar-refractivity contribution < 1.29 is 9.90 Å². The molecule has 2 amide bonds. The van der Waals surface area contributed by atoms with E-state index in [1.54, 1.807) is 18.2 Å². The second kappa shape index (κ2) is 9.11.